The molecule has 0 radical (unpaired) electrons. The number of benzene rings is 2. The summed E-state index contributed by atoms with van der Waals surface area (Å²) in [7, 11) is 4.09. The molecule has 2 saturated carbocycles. The Bertz CT molecular complexity index is 2220. The molecule has 1 amide bonds. The Balaban J connectivity index is 0.973. The highest BCUT2D eigenvalue weighted by Gasteiger charge is 2.57. The van der Waals surface area contributed by atoms with Crippen LogP contribution in [0.15, 0.2) is 42.5 Å². The first-order valence-corrected chi connectivity index (χ1v) is 21.2. The second kappa shape index (κ2) is 15.5. The Morgan fingerprint density at radius 2 is 1.35 bits per heavy atom. The van der Waals surface area contributed by atoms with Crippen LogP contribution in [-0.4, -0.2) is 72.1 Å². The number of hydrogen-bond donors (Lipinski definition) is 3. The van der Waals surface area contributed by atoms with E-state index in [1.807, 2.05) is 23.7 Å². The Labute approximate surface area is 337 Å². The lowest BCUT2D eigenvalue weighted by atomic mass is 9.80. The van der Waals surface area contributed by atoms with Gasteiger partial charge < -0.3 is 24.9 Å². The largest absolute Gasteiger partial charge is 0.481 e. The van der Waals surface area contributed by atoms with Gasteiger partial charge in [0, 0.05) is 75.9 Å². The van der Waals surface area contributed by atoms with Gasteiger partial charge in [-0.1, -0.05) is 44.2 Å². The third kappa shape index (κ3) is 7.22. The van der Waals surface area contributed by atoms with Gasteiger partial charge in [-0.2, -0.15) is 0 Å². The lowest BCUT2D eigenvalue weighted by Gasteiger charge is -2.32. The number of nitrogens with one attached hydrogen (secondary N) is 2. The van der Waals surface area contributed by atoms with Gasteiger partial charge >= 0.3 is 5.97 Å². The summed E-state index contributed by atoms with van der Waals surface area (Å²) in [6.07, 6.45) is 11.8. The molecule has 4 aromatic rings. The average Bonchev–Trinajstić information content (AvgIpc) is 3.96. The number of carboxylic acids is 1. The first-order chi connectivity index (χ1) is 27.4. The molecule has 2 aliphatic heterocycles. The third-order valence-electron chi connectivity index (χ3n) is 13.9. The van der Waals surface area contributed by atoms with E-state index in [0.29, 0.717) is 5.82 Å². The number of aromatic nitrogens is 4. The van der Waals surface area contributed by atoms with Crippen molar-refractivity contribution in [3.63, 3.8) is 0 Å². The van der Waals surface area contributed by atoms with Crippen LogP contribution in [0.5, 0.6) is 0 Å². The predicted molar refractivity (Wildman–Crippen MR) is 226 cm³/mol. The van der Waals surface area contributed by atoms with Crippen LogP contribution in [0.4, 0.5) is 11.4 Å². The molecular weight excluding hydrogens is 713 g/mol. The van der Waals surface area contributed by atoms with Gasteiger partial charge in [0.25, 0.3) is 5.91 Å². The van der Waals surface area contributed by atoms with E-state index in [-0.39, 0.29) is 11.3 Å². The molecule has 2 aromatic carbocycles. The number of rotatable bonds is 13. The zero-order valence-electron chi connectivity index (χ0n) is 34.8. The first-order valence-electron chi connectivity index (χ1n) is 21.2. The number of carboxylic acid groups (broad SMARTS) is 1. The van der Waals surface area contributed by atoms with Crippen molar-refractivity contribution >= 4 is 28.9 Å². The molecule has 11 heteroatoms. The molecule has 2 bridgehead atoms. The van der Waals surface area contributed by atoms with Gasteiger partial charge in [-0.25, -0.2) is 9.97 Å². The van der Waals surface area contributed by atoms with E-state index in [2.05, 4.69) is 90.1 Å². The summed E-state index contributed by atoms with van der Waals surface area (Å²) in [5, 5.41) is 16.9. The van der Waals surface area contributed by atoms with E-state index >= 15 is 0 Å². The van der Waals surface area contributed by atoms with Crippen LogP contribution in [-0.2, 0) is 44.8 Å². The number of fused-ring (bicyclic) bond motifs is 4. The molecule has 2 aliphatic carbocycles. The molecular formula is C46H60N8O3. The van der Waals surface area contributed by atoms with E-state index in [1.54, 1.807) is 0 Å². The second-order valence-corrected chi connectivity index (χ2v) is 17.4. The van der Waals surface area contributed by atoms with Gasteiger partial charge in [-0.3, -0.25) is 19.4 Å². The molecule has 4 aliphatic rings. The molecule has 11 nitrogen and oxygen atoms in total. The smallest absolute Gasteiger partial charge is 0.309 e. The van der Waals surface area contributed by atoms with Gasteiger partial charge in [0.05, 0.1) is 22.5 Å². The Hall–Kier alpha value is -4.74. The molecule has 0 spiro atoms. The van der Waals surface area contributed by atoms with Crippen molar-refractivity contribution in [1.82, 2.24) is 28.9 Å². The number of carbonyl (C=O) groups excluding carboxylic acids is 1. The maximum Gasteiger partial charge on any atom is 0.309 e. The fourth-order valence-corrected chi connectivity index (χ4v) is 10.5. The molecule has 4 heterocycles. The topological polar surface area (TPSA) is 121 Å². The van der Waals surface area contributed by atoms with Gasteiger partial charge in [-0.05, 0) is 118 Å². The van der Waals surface area contributed by atoms with Crippen molar-refractivity contribution in [3.8, 4) is 11.1 Å². The number of anilines is 2. The van der Waals surface area contributed by atoms with Crippen molar-refractivity contribution in [1.29, 1.82) is 0 Å². The minimum absolute atomic E-state index is 0.189. The second-order valence-electron chi connectivity index (χ2n) is 17.4. The Morgan fingerprint density at radius 1 is 0.789 bits per heavy atom. The molecule has 302 valence electrons. The summed E-state index contributed by atoms with van der Waals surface area (Å²) in [6.45, 7) is 14.2. The molecule has 57 heavy (non-hydrogen) atoms. The van der Waals surface area contributed by atoms with E-state index in [4.69, 9.17) is 9.97 Å². The van der Waals surface area contributed by atoms with E-state index in [1.165, 1.54) is 5.69 Å². The molecule has 2 fully saturated rings. The zero-order chi connectivity index (χ0) is 40.1. The molecule has 0 unspecified atom stereocenters. The summed E-state index contributed by atoms with van der Waals surface area (Å²) < 4.78 is 4.24. The highest BCUT2D eigenvalue weighted by atomic mass is 16.4. The molecule has 2 aromatic heterocycles. The number of hydrogen-bond acceptors (Lipinski definition) is 7. The molecule has 8 rings (SSSR count). The standard InChI is InChI=1S/C46H60N8O3/c1-7-11-36(41-48-37-28-54(25-17-39(37)51(41)5)26-22-45-18-20-46(29-45,21-19-45)44(56)57)47-34-14-9-12-32(30(34)3)33-13-10-15-35(31(33)4)50-43(55)42-49-38-27-53(23-8-2)24-16-40(38)52(42)6/h9-15,47H,7-8,16-29H2,1-6H3,(H,50,55)(H,56,57)/b36-11+. The summed E-state index contributed by atoms with van der Waals surface area (Å²) in [5.41, 5.74) is 11.4. The number of imidazole rings is 2. The third-order valence-corrected chi connectivity index (χ3v) is 13.9. The monoisotopic (exact) mass is 772 g/mol. The lowest BCUT2D eigenvalue weighted by Crippen LogP contribution is -2.34. The van der Waals surface area contributed by atoms with Gasteiger partial charge in [-0.15, -0.1) is 0 Å². The van der Waals surface area contributed by atoms with Crippen molar-refractivity contribution in [2.45, 2.75) is 105 Å². The van der Waals surface area contributed by atoms with Crippen molar-refractivity contribution in [2.24, 2.45) is 24.9 Å². The van der Waals surface area contributed by atoms with Crippen molar-refractivity contribution in [3.05, 3.63) is 88.0 Å². The number of carbonyl (C=O) groups is 2. The normalized spacial score (nSPS) is 22.1. The number of allylic oxidation sites excluding steroid dienone is 1. The molecule has 0 atom stereocenters. The van der Waals surface area contributed by atoms with Crippen LogP contribution < -0.4 is 10.6 Å². The van der Waals surface area contributed by atoms with Crippen molar-refractivity contribution < 1.29 is 14.7 Å². The van der Waals surface area contributed by atoms with Gasteiger partial charge in [0.2, 0.25) is 0 Å². The van der Waals surface area contributed by atoms with E-state index in [0.717, 1.165) is 166 Å². The van der Waals surface area contributed by atoms with E-state index in [9.17, 15) is 14.7 Å². The Kier molecular flexibility index (Phi) is 10.7. The number of amides is 1. The fraction of sp³-hybridized carbons (Fsp3) is 0.522. The van der Waals surface area contributed by atoms with Gasteiger partial charge in [0.1, 0.15) is 0 Å². The quantitative estimate of drug-likeness (QED) is 0.125. The van der Waals surface area contributed by atoms with Crippen LogP contribution in [0.25, 0.3) is 16.8 Å². The minimum atomic E-state index is -0.583. The van der Waals surface area contributed by atoms with E-state index < -0.39 is 11.4 Å². The zero-order valence-corrected chi connectivity index (χ0v) is 34.8. The maximum absolute atomic E-state index is 13.7. The summed E-state index contributed by atoms with van der Waals surface area (Å²) in [6, 6.07) is 12.5. The van der Waals surface area contributed by atoms with Crippen LogP contribution in [0, 0.1) is 24.7 Å². The first kappa shape index (κ1) is 39.1. The number of nitrogens with zero attached hydrogens (tertiary/aromatic N) is 6. The van der Waals surface area contributed by atoms with Crippen LogP contribution in [0.1, 0.15) is 116 Å². The minimum Gasteiger partial charge on any atom is -0.481 e. The van der Waals surface area contributed by atoms with Gasteiger partial charge in [0.15, 0.2) is 11.6 Å². The summed E-state index contributed by atoms with van der Waals surface area (Å²) in [5.74, 6) is 0.626. The SMILES string of the molecule is CC/C=C(/Nc1cccc(-c2cccc(NC(=O)c3nc4c(n3C)CCN(CCC)C4)c2C)c1C)c1nc2c(n1C)CCN(CCC13CCC(C(=O)O)(CC1)C3)C2. The fourth-order valence-electron chi connectivity index (χ4n) is 10.5. The maximum atomic E-state index is 13.7. The van der Waals surface area contributed by atoms with Crippen LogP contribution >= 0.6 is 0 Å². The molecule has 3 N–H and O–H groups in total. The van der Waals surface area contributed by atoms with Crippen molar-refractivity contribution in [2.75, 3.05) is 36.8 Å². The van der Waals surface area contributed by atoms with Crippen LogP contribution in [0.3, 0.4) is 0 Å². The average molecular weight is 773 g/mol. The summed E-state index contributed by atoms with van der Waals surface area (Å²) >= 11 is 0. The molecule has 0 saturated heterocycles. The number of aliphatic carboxylic acids is 1. The Morgan fingerprint density at radius 3 is 1.91 bits per heavy atom. The highest BCUT2D eigenvalue weighted by molar-refractivity contribution is 6.03. The van der Waals surface area contributed by atoms with Crippen LogP contribution in [0.2, 0.25) is 0 Å². The highest BCUT2D eigenvalue weighted by Crippen LogP contribution is 2.63. The lowest BCUT2D eigenvalue weighted by molar-refractivity contribution is -0.148. The predicted octanol–water partition coefficient (Wildman–Crippen LogP) is 8.10. The summed E-state index contributed by atoms with van der Waals surface area (Å²) in [4.78, 5) is 40.8.